The largest absolute Gasteiger partial charge is 0.484 e. The third-order valence-electron chi connectivity index (χ3n) is 4.33. The Morgan fingerprint density at radius 3 is 3.00 bits per heavy atom. The number of likely N-dealkylation sites (N-methyl/N-ethyl adjacent to an activating group) is 1. The number of benzene rings is 2. The Balaban J connectivity index is 1.43. The lowest BCUT2D eigenvalue weighted by molar-refractivity contribution is -0.120. The van der Waals surface area contributed by atoms with Crippen LogP contribution in [0.3, 0.4) is 0 Å². The predicted octanol–water partition coefficient (Wildman–Crippen LogP) is 3.88. The van der Waals surface area contributed by atoms with Gasteiger partial charge in [-0.3, -0.25) is 14.5 Å². The summed E-state index contributed by atoms with van der Waals surface area (Å²) in [5.74, 6) is 0.416. The molecule has 2 amide bonds. The maximum Gasteiger partial charge on any atom is 0.266 e. The Labute approximate surface area is 164 Å². The van der Waals surface area contributed by atoms with Crippen molar-refractivity contribution in [2.75, 3.05) is 23.9 Å². The van der Waals surface area contributed by atoms with Crippen LogP contribution in [0.2, 0.25) is 5.02 Å². The molecule has 0 bridgehead atoms. The molecular weight excluding hydrogens is 386 g/mol. The second-order valence-electron chi connectivity index (χ2n) is 6.22. The van der Waals surface area contributed by atoms with Crippen LogP contribution in [0.4, 0.5) is 10.8 Å². The molecule has 0 unspecified atom stereocenters. The Morgan fingerprint density at radius 1 is 1.30 bits per heavy atom. The molecule has 0 aliphatic carbocycles. The van der Waals surface area contributed by atoms with Crippen molar-refractivity contribution in [1.82, 2.24) is 4.98 Å². The summed E-state index contributed by atoms with van der Waals surface area (Å²) in [5, 5.41) is 4.03. The fourth-order valence-corrected chi connectivity index (χ4v) is 3.92. The third kappa shape index (κ3) is 3.74. The number of aryl methyl sites for hydroxylation is 1. The number of hydrogen-bond acceptors (Lipinski definition) is 5. The van der Waals surface area contributed by atoms with E-state index in [1.165, 1.54) is 16.2 Å². The first kappa shape index (κ1) is 17.8. The lowest BCUT2D eigenvalue weighted by atomic mass is 10.0. The second kappa shape index (κ2) is 7.17. The van der Waals surface area contributed by atoms with E-state index in [0.29, 0.717) is 28.7 Å². The number of rotatable bonds is 4. The molecule has 4 rings (SSSR count). The summed E-state index contributed by atoms with van der Waals surface area (Å²) in [4.78, 5) is 29.8. The lowest BCUT2D eigenvalue weighted by Gasteiger charge is -2.18. The van der Waals surface area contributed by atoms with Crippen molar-refractivity contribution in [3.8, 4) is 5.75 Å². The summed E-state index contributed by atoms with van der Waals surface area (Å²) >= 11 is 7.41. The Kier molecular flexibility index (Phi) is 4.72. The summed E-state index contributed by atoms with van der Waals surface area (Å²) in [6.07, 6.45) is 1.13. The molecule has 2 aromatic carbocycles. The predicted molar refractivity (Wildman–Crippen MR) is 107 cm³/mol. The zero-order valence-corrected chi connectivity index (χ0v) is 16.1. The molecule has 0 saturated carbocycles. The first-order chi connectivity index (χ1) is 13.0. The highest BCUT2D eigenvalue weighted by Crippen LogP contribution is 2.30. The van der Waals surface area contributed by atoms with E-state index in [4.69, 9.17) is 16.3 Å². The molecule has 3 aromatic rings. The van der Waals surface area contributed by atoms with Crippen LogP contribution >= 0.6 is 22.9 Å². The molecular formula is C19H16ClN3O3S. The van der Waals surface area contributed by atoms with E-state index in [0.717, 1.165) is 21.5 Å². The number of fused-ring (bicyclic) bond motifs is 2. The number of thiazole rings is 1. The van der Waals surface area contributed by atoms with Crippen molar-refractivity contribution in [2.24, 2.45) is 0 Å². The molecule has 138 valence electrons. The Bertz CT molecular complexity index is 1050. The van der Waals surface area contributed by atoms with Crippen LogP contribution in [0.25, 0.3) is 10.2 Å². The number of carbonyl (C=O) groups is 2. The number of amides is 2. The van der Waals surface area contributed by atoms with E-state index in [1.54, 1.807) is 31.3 Å². The van der Waals surface area contributed by atoms with Crippen molar-refractivity contribution in [1.29, 1.82) is 0 Å². The highest BCUT2D eigenvalue weighted by molar-refractivity contribution is 7.22. The molecule has 0 fully saturated rings. The molecule has 1 N–H and O–H groups in total. The average molecular weight is 402 g/mol. The molecule has 6 nitrogen and oxygen atoms in total. The molecule has 0 spiro atoms. The van der Waals surface area contributed by atoms with Gasteiger partial charge in [0.05, 0.1) is 10.2 Å². The van der Waals surface area contributed by atoms with Gasteiger partial charge in [-0.15, -0.1) is 0 Å². The van der Waals surface area contributed by atoms with Crippen LogP contribution in [-0.4, -0.2) is 30.5 Å². The number of anilines is 2. The van der Waals surface area contributed by atoms with E-state index in [9.17, 15) is 9.59 Å². The van der Waals surface area contributed by atoms with Gasteiger partial charge in [0.25, 0.3) is 5.91 Å². The zero-order valence-electron chi connectivity index (χ0n) is 14.5. The maximum absolute atomic E-state index is 12.5. The lowest BCUT2D eigenvalue weighted by Crippen LogP contribution is -2.31. The summed E-state index contributed by atoms with van der Waals surface area (Å²) in [6.45, 7) is -0.0989. The zero-order chi connectivity index (χ0) is 19.0. The van der Waals surface area contributed by atoms with Crippen molar-refractivity contribution in [2.45, 2.75) is 12.8 Å². The molecule has 27 heavy (non-hydrogen) atoms. The molecule has 0 radical (unpaired) electrons. The summed E-state index contributed by atoms with van der Waals surface area (Å²) in [5.41, 5.74) is 2.57. The quantitative estimate of drug-likeness (QED) is 0.720. The second-order valence-corrected chi connectivity index (χ2v) is 7.66. The van der Waals surface area contributed by atoms with Crippen LogP contribution in [0.15, 0.2) is 36.4 Å². The number of aromatic nitrogens is 1. The van der Waals surface area contributed by atoms with E-state index < -0.39 is 0 Å². The number of nitrogens with one attached hydrogen (secondary N) is 1. The first-order valence-corrected chi connectivity index (χ1v) is 9.57. The number of carbonyl (C=O) groups excluding carboxylic acids is 2. The number of halogens is 1. The molecule has 0 saturated heterocycles. The summed E-state index contributed by atoms with van der Waals surface area (Å²) in [6, 6.07) is 10.9. The molecule has 2 heterocycles. The van der Waals surface area contributed by atoms with Crippen LogP contribution in [-0.2, 0) is 16.0 Å². The summed E-state index contributed by atoms with van der Waals surface area (Å²) in [7, 11) is 1.67. The van der Waals surface area contributed by atoms with Crippen molar-refractivity contribution in [3.05, 3.63) is 47.0 Å². The van der Waals surface area contributed by atoms with Gasteiger partial charge in [-0.1, -0.05) is 22.9 Å². The molecule has 0 atom stereocenters. The Hall–Kier alpha value is -2.64. The van der Waals surface area contributed by atoms with Gasteiger partial charge in [-0.2, -0.15) is 0 Å². The SMILES string of the molecule is CN(C(=O)COc1ccc2c(c1)CCC(=O)N2)c1nc2cc(Cl)ccc2s1. The van der Waals surface area contributed by atoms with Crippen molar-refractivity contribution < 1.29 is 14.3 Å². The fourth-order valence-electron chi connectivity index (χ4n) is 2.83. The number of hydrogen-bond donors (Lipinski definition) is 1. The average Bonchev–Trinajstić information content (AvgIpc) is 3.08. The fraction of sp³-hybridized carbons (Fsp3) is 0.211. The molecule has 8 heteroatoms. The van der Waals surface area contributed by atoms with Crippen LogP contribution in [0.5, 0.6) is 5.75 Å². The van der Waals surface area contributed by atoms with E-state index in [-0.39, 0.29) is 18.4 Å². The van der Waals surface area contributed by atoms with Gasteiger partial charge in [0, 0.05) is 24.2 Å². The van der Waals surface area contributed by atoms with E-state index >= 15 is 0 Å². The molecule has 1 aromatic heterocycles. The first-order valence-electron chi connectivity index (χ1n) is 8.38. The van der Waals surface area contributed by atoms with Gasteiger partial charge in [-0.05, 0) is 48.4 Å². The van der Waals surface area contributed by atoms with Gasteiger partial charge in [-0.25, -0.2) is 4.98 Å². The van der Waals surface area contributed by atoms with E-state index in [2.05, 4.69) is 10.3 Å². The minimum absolute atomic E-state index is 0.0186. The standard InChI is InChI=1S/C19H16ClN3O3S/c1-23(19-22-15-9-12(20)3-6-16(15)27-19)18(25)10-26-13-4-5-14-11(8-13)2-7-17(24)21-14/h3-6,8-9H,2,7,10H2,1H3,(H,21,24). The van der Waals surface area contributed by atoms with Gasteiger partial charge >= 0.3 is 0 Å². The smallest absolute Gasteiger partial charge is 0.266 e. The maximum atomic E-state index is 12.5. The monoisotopic (exact) mass is 401 g/mol. The summed E-state index contributed by atoms with van der Waals surface area (Å²) < 4.78 is 6.61. The Morgan fingerprint density at radius 2 is 2.15 bits per heavy atom. The third-order valence-corrected chi connectivity index (χ3v) is 5.68. The van der Waals surface area contributed by atoms with Gasteiger partial charge in [0.2, 0.25) is 5.91 Å². The van der Waals surface area contributed by atoms with Crippen molar-refractivity contribution in [3.63, 3.8) is 0 Å². The molecule has 1 aliphatic heterocycles. The highest BCUT2D eigenvalue weighted by atomic mass is 35.5. The minimum atomic E-state index is -0.203. The van der Waals surface area contributed by atoms with Gasteiger partial charge < -0.3 is 10.1 Å². The number of ether oxygens (including phenoxy) is 1. The van der Waals surface area contributed by atoms with Crippen molar-refractivity contribution >= 4 is 55.8 Å². The van der Waals surface area contributed by atoms with Crippen LogP contribution in [0.1, 0.15) is 12.0 Å². The van der Waals surface area contributed by atoms with E-state index in [1.807, 2.05) is 12.1 Å². The van der Waals surface area contributed by atoms with Crippen LogP contribution < -0.4 is 15.0 Å². The topological polar surface area (TPSA) is 71.5 Å². The van der Waals surface area contributed by atoms with Gasteiger partial charge in [0.15, 0.2) is 11.7 Å². The minimum Gasteiger partial charge on any atom is -0.484 e. The van der Waals surface area contributed by atoms with Crippen LogP contribution in [0, 0.1) is 0 Å². The normalized spacial score (nSPS) is 13.2. The highest BCUT2D eigenvalue weighted by Gasteiger charge is 2.18. The number of nitrogens with zero attached hydrogens (tertiary/aromatic N) is 2. The van der Waals surface area contributed by atoms with Gasteiger partial charge in [0.1, 0.15) is 5.75 Å². The molecule has 1 aliphatic rings.